The number of hydrogen-bond donors (Lipinski definition) is 0. The summed E-state index contributed by atoms with van der Waals surface area (Å²) in [6.45, 7) is 6.79. The summed E-state index contributed by atoms with van der Waals surface area (Å²) in [7, 11) is 0. The normalized spacial score (nSPS) is 10.3. The minimum absolute atomic E-state index is 0.414. The molecule has 0 aliphatic rings. The van der Waals surface area contributed by atoms with E-state index in [0.717, 1.165) is 17.6 Å². The first-order valence-corrected chi connectivity index (χ1v) is 4.91. The third-order valence-electron chi connectivity index (χ3n) is 2.10. The average molecular weight is 192 g/mol. The molecule has 2 heteroatoms. The van der Waals surface area contributed by atoms with E-state index in [-0.39, 0.29) is 0 Å². The lowest BCUT2D eigenvalue weighted by Crippen LogP contribution is -1.99. The van der Waals surface area contributed by atoms with Gasteiger partial charge >= 0.3 is 0 Å². The van der Waals surface area contributed by atoms with Gasteiger partial charge in [0, 0.05) is 5.56 Å². The van der Waals surface area contributed by atoms with Crippen molar-refractivity contribution in [3.8, 4) is 5.75 Å². The van der Waals surface area contributed by atoms with Gasteiger partial charge in [-0.2, -0.15) is 0 Å². The molecule has 0 aliphatic heterocycles. The van der Waals surface area contributed by atoms with Crippen LogP contribution in [0.5, 0.6) is 5.75 Å². The summed E-state index contributed by atoms with van der Waals surface area (Å²) in [6, 6.07) is 5.58. The molecule has 0 amide bonds. The predicted molar refractivity (Wildman–Crippen MR) is 57.1 cm³/mol. The SMILES string of the molecule is CCOc1cc(C=O)ccc1C(C)C. The number of carbonyl (C=O) groups is 1. The topological polar surface area (TPSA) is 26.3 Å². The molecule has 0 aliphatic carbocycles. The van der Waals surface area contributed by atoms with Crippen LogP contribution < -0.4 is 4.74 Å². The van der Waals surface area contributed by atoms with Gasteiger partial charge in [-0.15, -0.1) is 0 Å². The summed E-state index contributed by atoms with van der Waals surface area (Å²) in [4.78, 5) is 10.6. The Morgan fingerprint density at radius 2 is 2.14 bits per heavy atom. The van der Waals surface area contributed by atoms with Crippen LogP contribution in [-0.2, 0) is 0 Å². The Labute approximate surface area is 84.9 Å². The fourth-order valence-corrected chi connectivity index (χ4v) is 1.38. The Balaban J connectivity index is 3.09. The maximum atomic E-state index is 10.6. The number of ether oxygens (including phenoxy) is 1. The molecule has 0 saturated heterocycles. The smallest absolute Gasteiger partial charge is 0.150 e. The van der Waals surface area contributed by atoms with E-state index in [1.807, 2.05) is 19.1 Å². The van der Waals surface area contributed by atoms with Crippen LogP contribution in [0.15, 0.2) is 18.2 Å². The van der Waals surface area contributed by atoms with Crippen LogP contribution in [0.4, 0.5) is 0 Å². The minimum atomic E-state index is 0.414. The van der Waals surface area contributed by atoms with Crippen molar-refractivity contribution in [2.75, 3.05) is 6.61 Å². The fourth-order valence-electron chi connectivity index (χ4n) is 1.38. The third-order valence-corrected chi connectivity index (χ3v) is 2.10. The van der Waals surface area contributed by atoms with Gasteiger partial charge in [-0.3, -0.25) is 4.79 Å². The maximum absolute atomic E-state index is 10.6. The zero-order chi connectivity index (χ0) is 10.6. The van der Waals surface area contributed by atoms with Crippen molar-refractivity contribution in [1.29, 1.82) is 0 Å². The Bertz CT molecular complexity index is 316. The van der Waals surface area contributed by atoms with Gasteiger partial charge in [0.25, 0.3) is 0 Å². The Morgan fingerprint density at radius 3 is 2.64 bits per heavy atom. The molecule has 1 aromatic carbocycles. The van der Waals surface area contributed by atoms with Crippen LogP contribution in [0.1, 0.15) is 42.6 Å². The Kier molecular flexibility index (Phi) is 3.69. The molecule has 76 valence electrons. The lowest BCUT2D eigenvalue weighted by atomic mass is 10.0. The molecular weight excluding hydrogens is 176 g/mol. The molecule has 1 rings (SSSR count). The highest BCUT2D eigenvalue weighted by Gasteiger charge is 2.07. The summed E-state index contributed by atoms with van der Waals surface area (Å²) in [5.41, 5.74) is 1.82. The second kappa shape index (κ2) is 4.80. The van der Waals surface area contributed by atoms with Crippen molar-refractivity contribution < 1.29 is 9.53 Å². The number of benzene rings is 1. The molecular formula is C12H16O2. The van der Waals surface area contributed by atoms with E-state index < -0.39 is 0 Å². The van der Waals surface area contributed by atoms with E-state index >= 15 is 0 Å². The summed E-state index contributed by atoms with van der Waals surface area (Å²) < 4.78 is 5.48. The lowest BCUT2D eigenvalue weighted by Gasteiger charge is -2.13. The summed E-state index contributed by atoms with van der Waals surface area (Å²) in [6.07, 6.45) is 0.840. The van der Waals surface area contributed by atoms with Gasteiger partial charge < -0.3 is 4.74 Å². The van der Waals surface area contributed by atoms with Gasteiger partial charge in [0.15, 0.2) is 0 Å². The van der Waals surface area contributed by atoms with Crippen LogP contribution in [0.2, 0.25) is 0 Å². The summed E-state index contributed by atoms with van der Waals surface area (Å²) >= 11 is 0. The second-order valence-corrected chi connectivity index (χ2v) is 3.50. The fraction of sp³-hybridized carbons (Fsp3) is 0.417. The first kappa shape index (κ1) is 10.8. The van der Waals surface area contributed by atoms with Crippen LogP contribution in [0.25, 0.3) is 0 Å². The van der Waals surface area contributed by atoms with E-state index in [9.17, 15) is 4.79 Å². The van der Waals surface area contributed by atoms with Gasteiger partial charge in [-0.1, -0.05) is 26.0 Å². The molecule has 1 aromatic rings. The zero-order valence-corrected chi connectivity index (χ0v) is 8.91. The molecule has 0 saturated carbocycles. The van der Waals surface area contributed by atoms with Crippen LogP contribution in [0.3, 0.4) is 0 Å². The summed E-state index contributed by atoms with van der Waals surface area (Å²) in [5.74, 6) is 1.24. The van der Waals surface area contributed by atoms with Crippen LogP contribution >= 0.6 is 0 Å². The number of hydrogen-bond acceptors (Lipinski definition) is 2. The lowest BCUT2D eigenvalue weighted by molar-refractivity contribution is 0.112. The molecule has 0 bridgehead atoms. The van der Waals surface area contributed by atoms with Gasteiger partial charge in [-0.25, -0.2) is 0 Å². The first-order valence-electron chi connectivity index (χ1n) is 4.91. The van der Waals surface area contributed by atoms with Crippen molar-refractivity contribution in [2.45, 2.75) is 26.7 Å². The Hall–Kier alpha value is -1.31. The predicted octanol–water partition coefficient (Wildman–Crippen LogP) is 3.02. The number of carbonyl (C=O) groups excluding carboxylic acids is 1. The van der Waals surface area contributed by atoms with E-state index in [4.69, 9.17) is 4.74 Å². The van der Waals surface area contributed by atoms with Crippen molar-refractivity contribution in [1.82, 2.24) is 0 Å². The quantitative estimate of drug-likeness (QED) is 0.685. The highest BCUT2D eigenvalue weighted by atomic mass is 16.5. The van der Waals surface area contributed by atoms with Gasteiger partial charge in [0.1, 0.15) is 12.0 Å². The highest BCUT2D eigenvalue weighted by Crippen LogP contribution is 2.27. The summed E-state index contributed by atoms with van der Waals surface area (Å²) in [5, 5.41) is 0. The third kappa shape index (κ3) is 2.34. The van der Waals surface area contributed by atoms with Gasteiger partial charge in [-0.05, 0) is 24.5 Å². The van der Waals surface area contributed by atoms with E-state index in [0.29, 0.717) is 18.1 Å². The molecule has 0 heterocycles. The first-order chi connectivity index (χ1) is 6.69. The number of aldehydes is 1. The zero-order valence-electron chi connectivity index (χ0n) is 8.91. The van der Waals surface area contributed by atoms with E-state index in [2.05, 4.69) is 13.8 Å². The molecule has 0 N–H and O–H groups in total. The molecule has 14 heavy (non-hydrogen) atoms. The molecule has 0 fully saturated rings. The molecule has 0 unspecified atom stereocenters. The minimum Gasteiger partial charge on any atom is -0.494 e. The molecule has 0 spiro atoms. The molecule has 0 aromatic heterocycles. The van der Waals surface area contributed by atoms with Crippen molar-refractivity contribution in [3.63, 3.8) is 0 Å². The van der Waals surface area contributed by atoms with E-state index in [1.54, 1.807) is 6.07 Å². The average Bonchev–Trinajstić information content (AvgIpc) is 2.17. The van der Waals surface area contributed by atoms with Gasteiger partial charge in [0.05, 0.1) is 6.61 Å². The van der Waals surface area contributed by atoms with Crippen molar-refractivity contribution >= 4 is 6.29 Å². The highest BCUT2D eigenvalue weighted by molar-refractivity contribution is 5.76. The van der Waals surface area contributed by atoms with E-state index in [1.165, 1.54) is 0 Å². The molecule has 2 nitrogen and oxygen atoms in total. The Morgan fingerprint density at radius 1 is 1.43 bits per heavy atom. The van der Waals surface area contributed by atoms with Gasteiger partial charge in [0.2, 0.25) is 0 Å². The maximum Gasteiger partial charge on any atom is 0.150 e. The molecule has 0 radical (unpaired) electrons. The number of rotatable bonds is 4. The molecule has 0 atom stereocenters. The van der Waals surface area contributed by atoms with Crippen LogP contribution in [-0.4, -0.2) is 12.9 Å². The van der Waals surface area contributed by atoms with Crippen LogP contribution in [0, 0.1) is 0 Å². The standard InChI is InChI=1S/C12H16O2/c1-4-14-12-7-10(8-13)5-6-11(12)9(2)3/h5-9H,4H2,1-3H3. The largest absolute Gasteiger partial charge is 0.494 e. The van der Waals surface area contributed by atoms with Crippen molar-refractivity contribution in [2.24, 2.45) is 0 Å². The second-order valence-electron chi connectivity index (χ2n) is 3.50. The monoisotopic (exact) mass is 192 g/mol. The van der Waals surface area contributed by atoms with Crippen molar-refractivity contribution in [3.05, 3.63) is 29.3 Å².